The van der Waals surface area contributed by atoms with Gasteiger partial charge in [-0.3, -0.25) is 14.4 Å². The molecule has 41 heavy (non-hydrogen) atoms. The summed E-state index contributed by atoms with van der Waals surface area (Å²) in [6.45, 7) is 3.36. The molecule has 0 bridgehead atoms. The average molecular weight is 583 g/mol. The number of nitrogens with two attached hydrogens (primary N) is 1. The van der Waals surface area contributed by atoms with Gasteiger partial charge in [-0.25, -0.2) is 9.37 Å². The SMILES string of the molecule is CN(C)CC(=O)NC1CC(C)(C)c2ccc(Nc3ncc(Cl)c(Nc4c(CF)cccc4C(N)=O)n3)cc2NC1=O. The van der Waals surface area contributed by atoms with Gasteiger partial charge in [-0.2, -0.15) is 4.98 Å². The van der Waals surface area contributed by atoms with Crippen molar-refractivity contribution in [3.05, 3.63) is 64.3 Å². The number of fused-ring (bicyclic) bond motifs is 1. The molecule has 216 valence electrons. The van der Waals surface area contributed by atoms with E-state index >= 15 is 0 Å². The summed E-state index contributed by atoms with van der Waals surface area (Å²) >= 11 is 6.31. The van der Waals surface area contributed by atoms with E-state index in [-0.39, 0.29) is 52.0 Å². The van der Waals surface area contributed by atoms with E-state index in [0.717, 1.165) is 5.56 Å². The monoisotopic (exact) mass is 582 g/mol. The molecule has 1 aliphatic rings. The quantitative estimate of drug-likeness (QED) is 0.255. The van der Waals surface area contributed by atoms with Crippen LogP contribution in [0.15, 0.2) is 42.6 Å². The van der Waals surface area contributed by atoms with Gasteiger partial charge in [-0.1, -0.05) is 43.6 Å². The van der Waals surface area contributed by atoms with Crippen molar-refractivity contribution in [2.45, 2.75) is 38.4 Å². The van der Waals surface area contributed by atoms with E-state index in [1.165, 1.54) is 24.4 Å². The van der Waals surface area contributed by atoms with E-state index in [4.69, 9.17) is 17.3 Å². The van der Waals surface area contributed by atoms with Crippen molar-refractivity contribution < 1.29 is 18.8 Å². The summed E-state index contributed by atoms with van der Waals surface area (Å²) in [5.74, 6) is -0.996. The number of primary amides is 1. The van der Waals surface area contributed by atoms with Gasteiger partial charge in [0.25, 0.3) is 5.91 Å². The Bertz CT molecular complexity index is 1500. The topological polar surface area (TPSA) is 154 Å². The van der Waals surface area contributed by atoms with Crippen molar-refractivity contribution in [3.63, 3.8) is 0 Å². The number of hydrogen-bond donors (Lipinski definition) is 5. The zero-order valence-electron chi connectivity index (χ0n) is 23.1. The highest BCUT2D eigenvalue weighted by molar-refractivity contribution is 6.33. The van der Waals surface area contributed by atoms with Gasteiger partial charge in [-0.05, 0) is 49.7 Å². The van der Waals surface area contributed by atoms with Crippen LogP contribution in [0.3, 0.4) is 0 Å². The maximum Gasteiger partial charge on any atom is 0.250 e. The van der Waals surface area contributed by atoms with Gasteiger partial charge in [0.15, 0.2) is 5.82 Å². The zero-order valence-corrected chi connectivity index (χ0v) is 23.9. The summed E-state index contributed by atoms with van der Waals surface area (Å²) in [6, 6.07) is 9.31. The Morgan fingerprint density at radius 3 is 2.66 bits per heavy atom. The second-order valence-corrected chi connectivity index (χ2v) is 11.1. The lowest BCUT2D eigenvalue weighted by molar-refractivity contribution is -0.127. The molecule has 4 rings (SSSR count). The first-order valence-electron chi connectivity index (χ1n) is 12.8. The number of nitrogens with zero attached hydrogens (tertiary/aromatic N) is 3. The molecule has 1 aromatic heterocycles. The number of para-hydroxylation sites is 1. The predicted octanol–water partition coefficient (Wildman–Crippen LogP) is 3.85. The van der Waals surface area contributed by atoms with E-state index in [0.29, 0.717) is 17.8 Å². The number of anilines is 5. The van der Waals surface area contributed by atoms with Crippen molar-refractivity contribution in [1.82, 2.24) is 20.2 Å². The number of aromatic nitrogens is 2. The molecule has 2 aromatic carbocycles. The minimum Gasteiger partial charge on any atom is -0.366 e. The molecule has 6 N–H and O–H groups in total. The first-order valence-corrected chi connectivity index (χ1v) is 13.2. The van der Waals surface area contributed by atoms with E-state index in [1.807, 2.05) is 26.0 Å². The Balaban J connectivity index is 1.59. The second kappa shape index (κ2) is 12.1. The fraction of sp³-hybridized carbons (Fsp3) is 0.321. The van der Waals surface area contributed by atoms with Crippen molar-refractivity contribution >= 4 is 58.2 Å². The molecule has 0 radical (unpaired) electrons. The van der Waals surface area contributed by atoms with Crippen LogP contribution in [-0.2, 0) is 21.7 Å². The van der Waals surface area contributed by atoms with Crippen LogP contribution in [0.1, 0.15) is 41.8 Å². The molecular weight excluding hydrogens is 551 g/mol. The number of halogens is 2. The number of alkyl halides is 1. The third kappa shape index (κ3) is 6.90. The standard InChI is InChI=1S/C28H32ClFN8O3/c1-28(2)11-21(34-22(39)14-38(3)4)26(41)35-20-10-16(8-9-18(20)28)33-27-32-13-19(29)25(37-27)36-23-15(12-30)6-5-7-17(23)24(31)40/h5-10,13,21H,11-12,14H2,1-4H3,(H2,31,40)(H,34,39)(H,35,41)(H2,32,33,36,37). The van der Waals surface area contributed by atoms with Crippen LogP contribution in [0, 0.1) is 0 Å². The highest BCUT2D eigenvalue weighted by Crippen LogP contribution is 2.38. The maximum absolute atomic E-state index is 13.7. The van der Waals surface area contributed by atoms with Crippen LogP contribution >= 0.6 is 11.6 Å². The molecule has 3 amide bonds. The van der Waals surface area contributed by atoms with E-state index in [9.17, 15) is 18.8 Å². The number of carbonyl (C=O) groups is 3. The highest BCUT2D eigenvalue weighted by atomic mass is 35.5. The molecule has 0 saturated heterocycles. The van der Waals surface area contributed by atoms with Crippen LogP contribution in [0.4, 0.5) is 33.2 Å². The molecule has 3 aromatic rings. The largest absolute Gasteiger partial charge is 0.366 e. The molecular formula is C28H32ClFN8O3. The molecule has 1 aliphatic heterocycles. The first-order chi connectivity index (χ1) is 19.4. The van der Waals surface area contributed by atoms with Gasteiger partial charge >= 0.3 is 0 Å². The van der Waals surface area contributed by atoms with Crippen LogP contribution < -0.4 is 27.0 Å². The lowest BCUT2D eigenvalue weighted by Gasteiger charge is -2.27. The summed E-state index contributed by atoms with van der Waals surface area (Å²) in [6.07, 6.45) is 1.78. The van der Waals surface area contributed by atoms with E-state index in [1.54, 1.807) is 25.1 Å². The van der Waals surface area contributed by atoms with Gasteiger partial charge in [-0.15, -0.1) is 0 Å². The van der Waals surface area contributed by atoms with Gasteiger partial charge in [0.1, 0.15) is 17.7 Å². The number of rotatable bonds is 9. The van der Waals surface area contributed by atoms with Crippen molar-refractivity contribution in [2.24, 2.45) is 5.73 Å². The van der Waals surface area contributed by atoms with E-state index < -0.39 is 24.0 Å². The molecule has 13 heteroatoms. The van der Waals surface area contributed by atoms with Crippen LogP contribution in [0.2, 0.25) is 5.02 Å². The third-order valence-electron chi connectivity index (χ3n) is 6.64. The Morgan fingerprint density at radius 2 is 1.98 bits per heavy atom. The summed E-state index contributed by atoms with van der Waals surface area (Å²) in [4.78, 5) is 47.7. The summed E-state index contributed by atoms with van der Waals surface area (Å²) < 4.78 is 13.7. The minimum absolute atomic E-state index is 0.0876. The third-order valence-corrected chi connectivity index (χ3v) is 6.91. The summed E-state index contributed by atoms with van der Waals surface area (Å²) in [5.41, 5.74) is 7.58. The normalized spacial score (nSPS) is 15.9. The summed E-state index contributed by atoms with van der Waals surface area (Å²) in [5, 5.41) is 11.9. The Morgan fingerprint density at radius 1 is 1.22 bits per heavy atom. The molecule has 1 atom stereocenters. The van der Waals surface area contributed by atoms with E-state index in [2.05, 4.69) is 31.2 Å². The van der Waals surface area contributed by atoms with Gasteiger partial charge < -0.3 is 31.9 Å². The highest BCUT2D eigenvalue weighted by Gasteiger charge is 2.36. The zero-order chi connectivity index (χ0) is 29.9. The van der Waals surface area contributed by atoms with Crippen LogP contribution in [0.5, 0.6) is 0 Å². The van der Waals surface area contributed by atoms with Gasteiger partial charge in [0.05, 0.1) is 24.0 Å². The molecule has 0 fully saturated rings. The number of likely N-dealkylation sites (N-methyl/N-ethyl adjacent to an activating group) is 1. The van der Waals surface area contributed by atoms with Gasteiger partial charge in [0, 0.05) is 16.9 Å². The van der Waals surface area contributed by atoms with Crippen molar-refractivity contribution in [3.8, 4) is 0 Å². The number of benzene rings is 2. The number of carbonyl (C=O) groups excluding carboxylic acids is 3. The lowest BCUT2D eigenvalue weighted by Crippen LogP contribution is -2.47. The van der Waals surface area contributed by atoms with Crippen LogP contribution in [0.25, 0.3) is 0 Å². The van der Waals surface area contributed by atoms with Crippen LogP contribution in [-0.4, -0.2) is 59.3 Å². The predicted molar refractivity (Wildman–Crippen MR) is 157 cm³/mol. The first kappa shape index (κ1) is 29.7. The number of hydrogen-bond acceptors (Lipinski definition) is 8. The number of amides is 3. The summed E-state index contributed by atoms with van der Waals surface area (Å²) in [7, 11) is 3.57. The Kier molecular flexibility index (Phi) is 8.74. The maximum atomic E-state index is 13.7. The lowest BCUT2D eigenvalue weighted by atomic mass is 9.79. The molecule has 2 heterocycles. The average Bonchev–Trinajstić information content (AvgIpc) is 2.98. The fourth-order valence-corrected chi connectivity index (χ4v) is 4.86. The van der Waals surface area contributed by atoms with Crippen molar-refractivity contribution in [2.75, 3.05) is 36.6 Å². The second-order valence-electron chi connectivity index (χ2n) is 10.7. The molecule has 1 unspecified atom stereocenters. The molecule has 11 nitrogen and oxygen atoms in total. The molecule has 0 spiro atoms. The molecule has 0 aliphatic carbocycles. The fourth-order valence-electron chi connectivity index (χ4n) is 4.72. The number of nitrogens with one attached hydrogen (secondary N) is 4. The Labute approximate surface area is 242 Å². The smallest absolute Gasteiger partial charge is 0.250 e. The van der Waals surface area contributed by atoms with Crippen molar-refractivity contribution in [1.29, 1.82) is 0 Å². The molecule has 0 saturated carbocycles. The van der Waals surface area contributed by atoms with Gasteiger partial charge in [0.2, 0.25) is 17.8 Å². The Hall–Kier alpha value is -4.29. The minimum atomic E-state index is -0.839.